The summed E-state index contributed by atoms with van der Waals surface area (Å²) in [5.41, 5.74) is 5.17. The molecule has 2 bridgehead atoms. The maximum Gasteiger partial charge on any atom is 0.312 e. The summed E-state index contributed by atoms with van der Waals surface area (Å²) in [6.07, 6.45) is 6.23. The number of nitrogens with one attached hydrogen (secondary N) is 2. The first kappa shape index (κ1) is 16.3. The number of carbonyl (C=O) groups excluding carboxylic acids is 1. The van der Waals surface area contributed by atoms with Crippen molar-refractivity contribution in [3.05, 3.63) is 56.7 Å². The van der Waals surface area contributed by atoms with Gasteiger partial charge in [-0.2, -0.15) is 0 Å². The molecule has 5 rings (SSSR count). The van der Waals surface area contributed by atoms with Crippen LogP contribution in [0.1, 0.15) is 31.2 Å². The lowest BCUT2D eigenvalue weighted by molar-refractivity contribution is -0.119. The normalized spacial score (nSPS) is 27.3. The van der Waals surface area contributed by atoms with Crippen molar-refractivity contribution in [3.8, 4) is 0 Å². The molecule has 0 saturated heterocycles. The van der Waals surface area contributed by atoms with Crippen LogP contribution in [0, 0.1) is 23.7 Å². The molecular formula is C19H20ClN3O2. The first-order valence-electron chi connectivity index (χ1n) is 8.69. The Balaban J connectivity index is 1.71. The number of amides is 1. The summed E-state index contributed by atoms with van der Waals surface area (Å²) in [6, 6.07) is 5.27. The van der Waals surface area contributed by atoms with Crippen LogP contribution >= 0.6 is 11.6 Å². The number of benzene rings is 1. The molecule has 0 aromatic heterocycles. The number of rotatable bonds is 3. The van der Waals surface area contributed by atoms with E-state index in [-0.39, 0.29) is 0 Å². The van der Waals surface area contributed by atoms with Crippen LogP contribution in [0.3, 0.4) is 0 Å². The van der Waals surface area contributed by atoms with Crippen molar-refractivity contribution in [1.82, 2.24) is 5.32 Å². The Morgan fingerprint density at radius 3 is 2.64 bits per heavy atom. The third-order valence-corrected chi connectivity index (χ3v) is 6.08. The van der Waals surface area contributed by atoms with Gasteiger partial charge in [0.2, 0.25) is 0 Å². The number of fused-ring (bicyclic) bond motifs is 2. The summed E-state index contributed by atoms with van der Waals surface area (Å²) in [4.78, 5) is 22.8. The second-order valence-electron chi connectivity index (χ2n) is 7.09. The van der Waals surface area contributed by atoms with Gasteiger partial charge in [0.25, 0.3) is 0 Å². The van der Waals surface area contributed by atoms with E-state index < -0.39 is 11.9 Å². The Morgan fingerprint density at radius 1 is 1.24 bits per heavy atom. The lowest BCUT2D eigenvalue weighted by atomic mass is 9.63. The molecule has 3 aliphatic carbocycles. The number of nitroso groups, excluding NO2 is 1. The Kier molecular flexibility index (Phi) is 4.12. The molecule has 1 saturated carbocycles. The topological polar surface area (TPSA) is 70.6 Å². The molecule has 0 spiro atoms. The highest BCUT2D eigenvalue weighted by molar-refractivity contribution is 6.31. The van der Waals surface area contributed by atoms with Gasteiger partial charge >= 0.3 is 5.91 Å². The van der Waals surface area contributed by atoms with E-state index in [1.54, 1.807) is 6.20 Å². The van der Waals surface area contributed by atoms with Crippen molar-refractivity contribution in [2.24, 2.45) is 17.0 Å². The zero-order valence-corrected chi connectivity index (χ0v) is 14.8. The molecule has 2 N–H and O–H groups in total. The summed E-state index contributed by atoms with van der Waals surface area (Å²) in [5, 5.41) is 9.92. The van der Waals surface area contributed by atoms with Crippen molar-refractivity contribution >= 4 is 23.2 Å². The molecule has 1 unspecified atom stereocenters. The maximum absolute atomic E-state index is 12.0. The van der Waals surface area contributed by atoms with E-state index in [2.05, 4.69) is 15.8 Å². The Morgan fingerprint density at radius 2 is 1.96 bits per heavy atom. The number of allylic oxidation sites excluding steroid dienone is 1. The van der Waals surface area contributed by atoms with Gasteiger partial charge in [-0.25, -0.2) is 0 Å². The van der Waals surface area contributed by atoms with E-state index in [1.165, 1.54) is 5.57 Å². The number of hydrogen-bond acceptors (Lipinski definition) is 4. The van der Waals surface area contributed by atoms with Gasteiger partial charge in [-0.05, 0) is 73.3 Å². The molecule has 4 aliphatic rings. The van der Waals surface area contributed by atoms with Gasteiger partial charge in [0.05, 0.1) is 5.70 Å². The Bertz CT molecular complexity index is 807. The molecular weight excluding hydrogens is 338 g/mol. The SMILES string of the molecule is Cc1ccc(NC2=CNC(C(=O)N=O)C3=C2C2CCC3CC2)cc1Cl. The number of hydrogen-bond donors (Lipinski definition) is 2. The largest absolute Gasteiger partial charge is 0.374 e. The summed E-state index contributed by atoms with van der Waals surface area (Å²) in [7, 11) is 0. The standard InChI is InChI=1S/C19H20ClN3O2/c1-10-2-7-13(8-14(10)20)22-15-9-21-18(19(24)23-25)17-12-5-3-11(4-6-12)16(15)17/h2,7-9,11-12,18,21-22H,3-6H2,1H3. The molecule has 1 fully saturated rings. The second-order valence-corrected chi connectivity index (χ2v) is 7.50. The van der Waals surface area contributed by atoms with Crippen molar-refractivity contribution in [3.63, 3.8) is 0 Å². The van der Waals surface area contributed by atoms with E-state index in [1.807, 2.05) is 25.1 Å². The van der Waals surface area contributed by atoms with Crippen LogP contribution in [0.2, 0.25) is 5.02 Å². The van der Waals surface area contributed by atoms with E-state index >= 15 is 0 Å². The van der Waals surface area contributed by atoms with Crippen molar-refractivity contribution in [2.75, 3.05) is 5.32 Å². The van der Waals surface area contributed by atoms with Gasteiger partial charge in [-0.15, -0.1) is 4.91 Å². The quantitative estimate of drug-likeness (QED) is 0.792. The van der Waals surface area contributed by atoms with Crippen LogP contribution in [-0.4, -0.2) is 11.9 Å². The molecule has 1 aromatic rings. The third kappa shape index (κ3) is 2.76. The monoisotopic (exact) mass is 357 g/mol. The van der Waals surface area contributed by atoms with Crippen LogP contribution in [-0.2, 0) is 4.79 Å². The number of dihydropyridines is 1. The lowest BCUT2D eigenvalue weighted by Crippen LogP contribution is -2.45. The molecule has 1 amide bonds. The highest BCUT2D eigenvalue weighted by atomic mass is 35.5. The first-order chi connectivity index (χ1) is 12.1. The van der Waals surface area contributed by atoms with Crippen LogP contribution in [0.5, 0.6) is 0 Å². The predicted octanol–water partition coefficient (Wildman–Crippen LogP) is 4.28. The average Bonchev–Trinajstić information content (AvgIpc) is 2.65. The fraction of sp³-hybridized carbons (Fsp3) is 0.421. The molecule has 1 heterocycles. The number of anilines is 1. The minimum Gasteiger partial charge on any atom is -0.374 e. The maximum atomic E-state index is 12.0. The van der Waals surface area contributed by atoms with Gasteiger partial charge in [-0.1, -0.05) is 17.7 Å². The van der Waals surface area contributed by atoms with Crippen LogP contribution in [0.15, 0.2) is 46.4 Å². The minimum absolute atomic E-state index is 0.357. The van der Waals surface area contributed by atoms with E-state index in [4.69, 9.17) is 11.6 Å². The highest BCUT2D eigenvalue weighted by Crippen LogP contribution is 2.50. The Hall–Kier alpha value is -2.14. The molecule has 6 heteroatoms. The predicted molar refractivity (Wildman–Crippen MR) is 98.1 cm³/mol. The zero-order valence-electron chi connectivity index (χ0n) is 14.0. The fourth-order valence-corrected chi connectivity index (χ4v) is 4.62. The highest BCUT2D eigenvalue weighted by Gasteiger charge is 2.43. The molecule has 0 radical (unpaired) electrons. The van der Waals surface area contributed by atoms with E-state index in [0.717, 1.165) is 48.2 Å². The summed E-state index contributed by atoms with van der Waals surface area (Å²) >= 11 is 6.24. The van der Waals surface area contributed by atoms with Crippen molar-refractivity contribution in [1.29, 1.82) is 0 Å². The van der Waals surface area contributed by atoms with Crippen LogP contribution < -0.4 is 10.6 Å². The molecule has 1 aromatic carbocycles. The number of aryl methyl sites for hydroxylation is 1. The summed E-state index contributed by atoms with van der Waals surface area (Å²) in [6.45, 7) is 1.97. The van der Waals surface area contributed by atoms with Crippen LogP contribution in [0.4, 0.5) is 5.69 Å². The van der Waals surface area contributed by atoms with Gasteiger partial charge in [0.15, 0.2) is 0 Å². The minimum atomic E-state index is -0.631. The van der Waals surface area contributed by atoms with Crippen molar-refractivity contribution in [2.45, 2.75) is 38.6 Å². The zero-order chi connectivity index (χ0) is 17.6. The molecule has 1 atom stereocenters. The van der Waals surface area contributed by atoms with Crippen LogP contribution in [0.25, 0.3) is 0 Å². The molecule has 1 aliphatic heterocycles. The molecule has 25 heavy (non-hydrogen) atoms. The van der Waals surface area contributed by atoms with Gasteiger partial charge in [-0.3, -0.25) is 4.79 Å². The lowest BCUT2D eigenvalue weighted by Gasteiger charge is -2.45. The van der Waals surface area contributed by atoms with Crippen molar-refractivity contribution < 1.29 is 4.79 Å². The van der Waals surface area contributed by atoms with E-state index in [0.29, 0.717) is 16.9 Å². The van der Waals surface area contributed by atoms with Gasteiger partial charge in [0.1, 0.15) is 6.04 Å². The number of nitrogens with zero attached hydrogens (tertiary/aromatic N) is 1. The second kappa shape index (κ2) is 6.30. The average molecular weight is 358 g/mol. The van der Waals surface area contributed by atoms with E-state index in [9.17, 15) is 9.70 Å². The van der Waals surface area contributed by atoms with Gasteiger partial charge in [0, 0.05) is 22.1 Å². The Labute approximate surface area is 151 Å². The fourth-order valence-electron chi connectivity index (χ4n) is 4.44. The first-order valence-corrected chi connectivity index (χ1v) is 9.07. The molecule has 5 nitrogen and oxygen atoms in total. The van der Waals surface area contributed by atoms with Gasteiger partial charge < -0.3 is 10.6 Å². The smallest absolute Gasteiger partial charge is 0.312 e. The summed E-state index contributed by atoms with van der Waals surface area (Å²) < 4.78 is 0. The molecule has 130 valence electrons. The summed E-state index contributed by atoms with van der Waals surface area (Å²) in [5.74, 6) is 0.160. The third-order valence-electron chi connectivity index (χ3n) is 5.67. The number of halogens is 1. The number of carbonyl (C=O) groups is 1.